The molecule has 0 saturated carbocycles. The van der Waals surface area contributed by atoms with Gasteiger partial charge in [0.2, 0.25) is 16.4 Å². The van der Waals surface area contributed by atoms with Crippen molar-refractivity contribution in [3.8, 4) is 5.88 Å². The van der Waals surface area contributed by atoms with Gasteiger partial charge in [-0.25, -0.2) is 28.5 Å². The van der Waals surface area contributed by atoms with E-state index >= 15 is 0 Å². The highest BCUT2D eigenvalue weighted by molar-refractivity contribution is 6.36. The number of aromatic amines is 2. The number of rotatable bonds is 6. The highest BCUT2D eigenvalue weighted by Crippen LogP contribution is 2.36. The molecule has 2 aromatic carbocycles. The van der Waals surface area contributed by atoms with Crippen LogP contribution < -0.4 is 21.9 Å². The number of fused-ring (bicyclic) bond motifs is 1. The molecule has 7 rings (SSSR count). The first kappa shape index (κ1) is 49.5. The van der Waals surface area contributed by atoms with E-state index in [0.717, 1.165) is 24.2 Å². The van der Waals surface area contributed by atoms with E-state index in [1.807, 2.05) is 14.9 Å². The van der Waals surface area contributed by atoms with Crippen LogP contribution in [-0.4, -0.2) is 84.8 Å². The van der Waals surface area contributed by atoms with Gasteiger partial charge in [0.1, 0.15) is 32.9 Å². The van der Waals surface area contributed by atoms with Crippen LogP contribution in [0.5, 0.6) is 5.88 Å². The van der Waals surface area contributed by atoms with Crippen molar-refractivity contribution in [2.75, 3.05) is 43.4 Å². The predicted octanol–water partition coefficient (Wildman–Crippen LogP) is 6.27. The summed E-state index contributed by atoms with van der Waals surface area (Å²) >= 11 is 34.3. The van der Waals surface area contributed by atoms with Crippen molar-refractivity contribution in [1.29, 1.82) is 0 Å². The second-order valence-electron chi connectivity index (χ2n) is 11.7. The Kier molecular flexibility index (Phi) is 20.2. The van der Waals surface area contributed by atoms with Gasteiger partial charge in [0.25, 0.3) is 5.56 Å². The minimum absolute atomic E-state index is 0.0119. The van der Waals surface area contributed by atoms with E-state index in [-0.39, 0.29) is 51.1 Å². The highest BCUT2D eigenvalue weighted by atomic mass is 35.5. The van der Waals surface area contributed by atoms with Crippen molar-refractivity contribution in [2.24, 2.45) is 5.92 Å². The van der Waals surface area contributed by atoms with Crippen molar-refractivity contribution >= 4 is 98.7 Å². The molecule has 24 heteroatoms. The van der Waals surface area contributed by atoms with E-state index in [0.29, 0.717) is 47.6 Å². The number of nitrogens with zero attached hydrogens (tertiary/aromatic N) is 5. The average Bonchev–Trinajstić information content (AvgIpc) is 3.83. The summed E-state index contributed by atoms with van der Waals surface area (Å²) in [5, 5.41) is 18.6. The number of methoxy groups -OCH3 is 1. The molecule has 2 aliphatic heterocycles. The van der Waals surface area contributed by atoms with Crippen molar-refractivity contribution in [3.63, 3.8) is 0 Å². The molecule has 0 radical (unpaired) electrons. The minimum Gasteiger partial charge on any atom is -0.494 e. The lowest BCUT2D eigenvalue weighted by molar-refractivity contribution is -0.153. The van der Waals surface area contributed by atoms with Gasteiger partial charge in [-0.15, -0.1) is 11.6 Å². The molecule has 0 bridgehead atoms. The first-order valence-corrected chi connectivity index (χ1v) is 19.5. The third kappa shape index (κ3) is 15.0. The maximum atomic E-state index is 12.9. The number of aromatic hydroxyl groups is 1. The van der Waals surface area contributed by atoms with Crippen LogP contribution in [0.25, 0.3) is 0 Å². The van der Waals surface area contributed by atoms with Gasteiger partial charge < -0.3 is 30.3 Å². The average molecular weight is 957 g/mol. The second-order valence-corrected chi connectivity index (χ2v) is 13.9. The van der Waals surface area contributed by atoms with Crippen molar-refractivity contribution in [1.82, 2.24) is 29.9 Å². The molecule has 5 aromatic rings. The number of nitrogen functional groups attached to an aromatic ring is 1. The van der Waals surface area contributed by atoms with E-state index < -0.39 is 35.0 Å². The molecule has 1 saturated heterocycles. The Balaban J connectivity index is 0.000000206. The SMILES string of the molecule is COC(=O)C1CCOC1=O.ClCCc1c(Cl)nc(Cl)nc1Cl.Fc1ccc(N2CCc3c(Cl)nc(Cl)nc32)cc1.Nc1ccc(F)cc1.O=c1[nH]c(O)c(CCO)c(=O)[nH]1. The van der Waals surface area contributed by atoms with Crippen LogP contribution in [-0.2, 0) is 38.3 Å². The molecular formula is C36H34Cl6F2N8O8. The van der Waals surface area contributed by atoms with E-state index in [1.54, 1.807) is 12.1 Å². The van der Waals surface area contributed by atoms with Crippen molar-refractivity contribution in [2.45, 2.75) is 25.7 Å². The first-order chi connectivity index (χ1) is 28.5. The number of ether oxygens (including phenoxy) is 2. The lowest BCUT2D eigenvalue weighted by Gasteiger charge is -2.18. The van der Waals surface area contributed by atoms with Crippen LogP contribution in [0, 0.1) is 17.6 Å². The number of aliphatic hydroxyl groups is 1. The van der Waals surface area contributed by atoms with Crippen LogP contribution in [0.2, 0.25) is 26.0 Å². The number of aromatic nitrogens is 6. The van der Waals surface area contributed by atoms with Crippen molar-refractivity contribution in [3.05, 3.63) is 124 Å². The molecule has 1 fully saturated rings. The van der Waals surface area contributed by atoms with Gasteiger partial charge in [0.15, 0.2) is 5.92 Å². The molecule has 322 valence electrons. The summed E-state index contributed by atoms with van der Waals surface area (Å²) in [6.45, 7) is 0.803. The Labute approximate surface area is 369 Å². The first-order valence-electron chi connectivity index (χ1n) is 17.1. The third-order valence-electron chi connectivity index (χ3n) is 7.78. The second kappa shape index (κ2) is 24.4. The Hall–Kier alpha value is -4.82. The van der Waals surface area contributed by atoms with Crippen LogP contribution in [0.4, 0.5) is 26.0 Å². The smallest absolute Gasteiger partial charge is 0.328 e. The number of esters is 2. The van der Waals surface area contributed by atoms with E-state index in [1.165, 1.54) is 43.5 Å². The fraction of sp³-hybridized carbons (Fsp3) is 0.278. The van der Waals surface area contributed by atoms with Crippen LogP contribution in [0.1, 0.15) is 23.1 Å². The number of hydrogen-bond donors (Lipinski definition) is 5. The molecule has 0 amide bonds. The Morgan fingerprint density at radius 2 is 1.45 bits per heavy atom. The van der Waals surface area contributed by atoms with Crippen molar-refractivity contribution < 1.29 is 38.1 Å². The standard InChI is InChI=1S/C12H8Cl2FN3.C6H4Cl4N2.C6H6FN.C6H8N2O4.C6H8O4/c13-10-9-5-6-18(11(9)17-12(14)16-10)8-3-1-7(15)2-4-8;7-2-1-3-4(8)11-6(10)12-5(3)9;7-5-1-3-6(8)4-2-5;9-2-1-3-4(10)7-6(12)8-5(3)11;1-9-5(7)4-2-3-10-6(4)8/h1-4H,5-6H2;1-2H2;1-4H,8H2;9H,1-2H2,(H3,7,8,10,11,12);4H,2-3H2,1H3. The molecule has 0 spiro atoms. The largest absolute Gasteiger partial charge is 0.494 e. The number of alkyl halides is 1. The predicted molar refractivity (Wildman–Crippen MR) is 223 cm³/mol. The molecule has 6 N–H and O–H groups in total. The number of benzene rings is 2. The van der Waals surface area contributed by atoms with Gasteiger partial charge in [-0.2, -0.15) is 4.98 Å². The number of carbonyl (C=O) groups excluding carboxylic acids is 2. The lowest BCUT2D eigenvalue weighted by Crippen LogP contribution is -2.25. The molecule has 2 aliphatic rings. The topological polar surface area (TPSA) is 240 Å². The number of carbonyl (C=O) groups is 2. The summed E-state index contributed by atoms with van der Waals surface area (Å²) in [6, 6.07) is 11.9. The summed E-state index contributed by atoms with van der Waals surface area (Å²) in [6.07, 6.45) is 1.75. The number of nitrogens with one attached hydrogen (secondary N) is 2. The number of aliphatic hydroxyl groups excluding tert-OH is 1. The van der Waals surface area contributed by atoms with Gasteiger partial charge >= 0.3 is 17.6 Å². The quantitative estimate of drug-likeness (QED) is 0.0315. The maximum absolute atomic E-state index is 12.9. The third-order valence-corrected chi connectivity index (χ3v) is 9.25. The number of nitrogens with two attached hydrogens (primary N) is 1. The maximum Gasteiger partial charge on any atom is 0.328 e. The molecule has 5 heterocycles. The normalized spacial score (nSPS) is 13.5. The van der Waals surface area contributed by atoms with E-state index in [4.69, 9.17) is 85.6 Å². The summed E-state index contributed by atoms with van der Waals surface area (Å²) in [7, 11) is 1.26. The summed E-state index contributed by atoms with van der Waals surface area (Å²) in [5.74, 6) is -1.52. The number of hydrogen-bond acceptors (Lipinski definition) is 14. The number of cyclic esters (lactones) is 1. The molecule has 1 unspecified atom stereocenters. The zero-order valence-corrected chi connectivity index (χ0v) is 35.6. The van der Waals surface area contributed by atoms with E-state index in [2.05, 4.69) is 29.4 Å². The molecule has 3 aromatic heterocycles. The minimum atomic E-state index is -0.765. The lowest BCUT2D eigenvalue weighted by atomic mass is 10.1. The molecule has 1 atom stereocenters. The van der Waals surface area contributed by atoms with Gasteiger partial charge in [0, 0.05) is 54.4 Å². The number of H-pyrrole nitrogens is 2. The number of halogens is 8. The summed E-state index contributed by atoms with van der Waals surface area (Å²) in [5.41, 5.74) is 6.77. The summed E-state index contributed by atoms with van der Waals surface area (Å²) in [4.78, 5) is 64.2. The zero-order valence-electron chi connectivity index (χ0n) is 31.0. The van der Waals surface area contributed by atoms with Crippen LogP contribution in [0.3, 0.4) is 0 Å². The van der Waals surface area contributed by atoms with Gasteiger partial charge in [-0.05, 0) is 84.6 Å². The molecule has 16 nitrogen and oxygen atoms in total. The Morgan fingerprint density at radius 1 is 0.883 bits per heavy atom. The molecular weight excluding hydrogens is 923 g/mol. The van der Waals surface area contributed by atoms with Gasteiger partial charge in [0.05, 0.1) is 19.3 Å². The molecule has 0 aliphatic carbocycles. The Bertz CT molecular complexity index is 2300. The van der Waals surface area contributed by atoms with E-state index in [9.17, 15) is 28.0 Å². The summed E-state index contributed by atoms with van der Waals surface area (Å²) < 4.78 is 33.9. The monoisotopic (exact) mass is 954 g/mol. The van der Waals surface area contributed by atoms with Gasteiger partial charge in [-0.1, -0.05) is 34.8 Å². The zero-order chi connectivity index (χ0) is 44.5. The molecule has 60 heavy (non-hydrogen) atoms. The fourth-order valence-corrected chi connectivity index (χ4v) is 6.42. The van der Waals surface area contributed by atoms with Crippen LogP contribution in [0.15, 0.2) is 58.1 Å². The van der Waals surface area contributed by atoms with Gasteiger partial charge in [-0.3, -0.25) is 24.4 Å². The van der Waals surface area contributed by atoms with Crippen LogP contribution >= 0.6 is 69.6 Å². The Morgan fingerprint density at radius 3 is 1.95 bits per heavy atom. The highest BCUT2D eigenvalue weighted by Gasteiger charge is 2.34. The fourth-order valence-electron chi connectivity index (χ4n) is 4.93. The number of anilines is 3.